The van der Waals surface area contributed by atoms with Crippen molar-refractivity contribution in [3.05, 3.63) is 81.8 Å². The summed E-state index contributed by atoms with van der Waals surface area (Å²) in [6, 6.07) is 21.7. The highest BCUT2D eigenvalue weighted by molar-refractivity contribution is 9.10. The molecule has 0 saturated carbocycles. The predicted octanol–water partition coefficient (Wildman–Crippen LogP) is 6.00. The molecule has 4 nitrogen and oxygen atoms in total. The smallest absolute Gasteiger partial charge is 0.262 e. The van der Waals surface area contributed by atoms with Gasteiger partial charge in [0.2, 0.25) is 0 Å². The first-order chi connectivity index (χ1) is 14.5. The van der Waals surface area contributed by atoms with Crippen LogP contribution in [-0.2, 0) is 11.4 Å². The predicted molar refractivity (Wildman–Crippen MR) is 124 cm³/mol. The maximum absolute atomic E-state index is 12.6. The van der Waals surface area contributed by atoms with Crippen LogP contribution in [0.4, 0.5) is 0 Å². The lowest BCUT2D eigenvalue weighted by Gasteiger charge is -2.14. The molecule has 0 spiro atoms. The van der Waals surface area contributed by atoms with Crippen LogP contribution in [0.2, 0.25) is 0 Å². The van der Waals surface area contributed by atoms with E-state index in [0.29, 0.717) is 12.4 Å². The number of halogens is 1. The molecule has 3 aromatic carbocycles. The molecule has 1 atom stereocenters. The molecule has 152 valence electrons. The largest absolute Gasteiger partial charge is 0.488 e. The Balaban J connectivity index is 1.99. The summed E-state index contributed by atoms with van der Waals surface area (Å²) >= 11 is 3.43. The number of nitriles is 1. The third-order valence-electron chi connectivity index (χ3n) is 4.88. The fraction of sp³-hybridized carbons (Fsp3) is 0.200. The van der Waals surface area contributed by atoms with Gasteiger partial charge in [-0.15, -0.1) is 0 Å². The van der Waals surface area contributed by atoms with E-state index in [2.05, 4.69) is 21.2 Å². The van der Waals surface area contributed by atoms with Gasteiger partial charge in [0.1, 0.15) is 24.0 Å². The molecule has 0 heterocycles. The zero-order valence-corrected chi connectivity index (χ0v) is 18.6. The third-order valence-corrected chi connectivity index (χ3v) is 5.41. The van der Waals surface area contributed by atoms with Gasteiger partial charge < -0.3 is 10.1 Å². The first-order valence-corrected chi connectivity index (χ1v) is 10.6. The molecule has 30 heavy (non-hydrogen) atoms. The van der Waals surface area contributed by atoms with Gasteiger partial charge in [0.15, 0.2) is 0 Å². The number of ether oxygens (including phenoxy) is 1. The number of carbonyl (C=O) groups is 1. The number of hydrogen-bond donors (Lipinski definition) is 1. The Morgan fingerprint density at radius 3 is 2.60 bits per heavy atom. The van der Waals surface area contributed by atoms with E-state index in [-0.39, 0.29) is 17.5 Å². The van der Waals surface area contributed by atoms with E-state index in [9.17, 15) is 10.1 Å². The fourth-order valence-electron chi connectivity index (χ4n) is 2.99. The van der Waals surface area contributed by atoms with Crippen LogP contribution < -0.4 is 10.1 Å². The molecule has 0 fully saturated rings. The number of rotatable bonds is 7. The summed E-state index contributed by atoms with van der Waals surface area (Å²) in [6.45, 7) is 4.28. The van der Waals surface area contributed by atoms with Gasteiger partial charge in [-0.3, -0.25) is 4.79 Å². The molecule has 0 radical (unpaired) electrons. The number of nitrogens with zero attached hydrogens (tertiary/aromatic N) is 1. The Bertz CT molecular complexity index is 1110. The fourth-order valence-corrected chi connectivity index (χ4v) is 3.25. The van der Waals surface area contributed by atoms with E-state index >= 15 is 0 Å². The van der Waals surface area contributed by atoms with E-state index in [4.69, 9.17) is 4.74 Å². The first-order valence-electron chi connectivity index (χ1n) is 9.83. The summed E-state index contributed by atoms with van der Waals surface area (Å²) in [5.41, 5.74) is 1.80. The topological polar surface area (TPSA) is 62.1 Å². The Morgan fingerprint density at radius 1 is 1.17 bits per heavy atom. The highest BCUT2D eigenvalue weighted by atomic mass is 79.9. The minimum atomic E-state index is -0.376. The maximum Gasteiger partial charge on any atom is 0.262 e. The second kappa shape index (κ2) is 10.1. The summed E-state index contributed by atoms with van der Waals surface area (Å²) in [7, 11) is 0. The van der Waals surface area contributed by atoms with Crippen LogP contribution in [0, 0.1) is 11.3 Å². The normalized spacial score (nSPS) is 12.3. The molecule has 1 amide bonds. The Morgan fingerprint density at radius 2 is 1.90 bits per heavy atom. The average Bonchev–Trinajstić information content (AvgIpc) is 2.77. The molecular weight excluding hydrogens is 440 g/mol. The molecule has 3 aromatic rings. The summed E-state index contributed by atoms with van der Waals surface area (Å²) in [6.07, 6.45) is 2.41. The molecule has 0 aliphatic rings. The number of carbonyl (C=O) groups excluding carboxylic acids is 1. The number of fused-ring (bicyclic) bond motifs is 1. The lowest BCUT2D eigenvalue weighted by molar-refractivity contribution is -0.117. The molecule has 1 N–H and O–H groups in total. The summed E-state index contributed by atoms with van der Waals surface area (Å²) in [5, 5.41) is 14.4. The summed E-state index contributed by atoms with van der Waals surface area (Å²) in [4.78, 5) is 12.6. The van der Waals surface area contributed by atoms with E-state index in [1.54, 1.807) is 6.08 Å². The number of benzene rings is 3. The van der Waals surface area contributed by atoms with Crippen LogP contribution in [0.15, 0.2) is 70.7 Å². The summed E-state index contributed by atoms with van der Waals surface area (Å²) in [5.74, 6) is 0.249. The quantitative estimate of drug-likeness (QED) is 0.345. The molecule has 3 rings (SSSR count). The van der Waals surface area contributed by atoms with Crippen molar-refractivity contribution in [2.45, 2.75) is 32.9 Å². The Hall–Kier alpha value is -3.10. The Labute approximate surface area is 185 Å². The number of nitrogens with one attached hydrogen (secondary N) is 1. The van der Waals surface area contributed by atoms with Crippen LogP contribution in [-0.4, -0.2) is 11.9 Å². The molecule has 0 unspecified atom stereocenters. The number of amides is 1. The minimum Gasteiger partial charge on any atom is -0.488 e. The van der Waals surface area contributed by atoms with Gasteiger partial charge in [0.05, 0.1) is 0 Å². The van der Waals surface area contributed by atoms with Gasteiger partial charge in [-0.25, -0.2) is 0 Å². The second-order valence-corrected chi connectivity index (χ2v) is 7.98. The molecule has 0 aromatic heterocycles. The lowest BCUT2D eigenvalue weighted by Crippen LogP contribution is -2.32. The van der Waals surface area contributed by atoms with Gasteiger partial charge in [-0.2, -0.15) is 5.26 Å². The van der Waals surface area contributed by atoms with Crippen LogP contribution in [0.1, 0.15) is 31.4 Å². The van der Waals surface area contributed by atoms with Crippen molar-refractivity contribution < 1.29 is 9.53 Å². The van der Waals surface area contributed by atoms with Crippen LogP contribution in [0.5, 0.6) is 5.75 Å². The van der Waals surface area contributed by atoms with Crippen molar-refractivity contribution >= 4 is 38.7 Å². The van der Waals surface area contributed by atoms with Crippen molar-refractivity contribution in [2.75, 3.05) is 0 Å². The highest BCUT2D eigenvalue weighted by Crippen LogP contribution is 2.31. The van der Waals surface area contributed by atoms with Crippen molar-refractivity contribution in [3.63, 3.8) is 0 Å². The summed E-state index contributed by atoms with van der Waals surface area (Å²) < 4.78 is 7.10. The lowest BCUT2D eigenvalue weighted by atomic mass is 10.0. The third kappa shape index (κ3) is 5.28. The molecule has 0 saturated heterocycles. The van der Waals surface area contributed by atoms with Gasteiger partial charge in [0.25, 0.3) is 5.91 Å². The van der Waals surface area contributed by atoms with E-state index < -0.39 is 0 Å². The standard InChI is InChI=1S/C25H23BrN2O2/c1-3-17(2)28-25(29)20(15-27)14-23-22-7-5-4-6-19(22)10-13-24(23)30-16-18-8-11-21(26)12-9-18/h4-14,17H,3,16H2,1-2H3,(H,28,29)/b20-14+/t17-/m1/s1. The first kappa shape index (κ1) is 21.6. The zero-order chi connectivity index (χ0) is 21.5. The molecule has 0 aliphatic heterocycles. The van der Waals surface area contributed by atoms with Crippen LogP contribution >= 0.6 is 15.9 Å². The van der Waals surface area contributed by atoms with Crippen molar-refractivity contribution in [2.24, 2.45) is 0 Å². The van der Waals surface area contributed by atoms with Gasteiger partial charge in [0, 0.05) is 16.1 Å². The van der Waals surface area contributed by atoms with Gasteiger partial charge in [-0.05, 0) is 54.0 Å². The average molecular weight is 463 g/mol. The zero-order valence-electron chi connectivity index (χ0n) is 17.0. The van der Waals surface area contributed by atoms with E-state index in [0.717, 1.165) is 32.8 Å². The molecule has 5 heteroatoms. The van der Waals surface area contributed by atoms with E-state index in [1.807, 2.05) is 80.6 Å². The van der Waals surface area contributed by atoms with Crippen LogP contribution in [0.3, 0.4) is 0 Å². The minimum absolute atomic E-state index is 0.00473. The second-order valence-electron chi connectivity index (χ2n) is 7.07. The Kier molecular flexibility index (Phi) is 7.26. The molecule has 0 aliphatic carbocycles. The highest BCUT2D eigenvalue weighted by Gasteiger charge is 2.15. The maximum atomic E-state index is 12.6. The molecular formula is C25H23BrN2O2. The van der Waals surface area contributed by atoms with Crippen molar-refractivity contribution in [1.29, 1.82) is 5.26 Å². The van der Waals surface area contributed by atoms with Gasteiger partial charge in [-0.1, -0.05) is 65.3 Å². The van der Waals surface area contributed by atoms with Gasteiger partial charge >= 0.3 is 0 Å². The van der Waals surface area contributed by atoms with Crippen molar-refractivity contribution in [3.8, 4) is 11.8 Å². The molecule has 0 bridgehead atoms. The monoisotopic (exact) mass is 462 g/mol. The van der Waals surface area contributed by atoms with Crippen molar-refractivity contribution in [1.82, 2.24) is 5.32 Å². The SMILES string of the molecule is CC[C@@H](C)NC(=O)/C(C#N)=C/c1c(OCc2ccc(Br)cc2)ccc2ccccc12. The number of hydrogen-bond acceptors (Lipinski definition) is 3. The van der Waals surface area contributed by atoms with Crippen LogP contribution in [0.25, 0.3) is 16.8 Å². The van der Waals surface area contributed by atoms with E-state index in [1.165, 1.54) is 0 Å².